The third-order valence-corrected chi connectivity index (χ3v) is 2.26. The summed E-state index contributed by atoms with van der Waals surface area (Å²) in [5, 5.41) is 0.626. The van der Waals surface area contributed by atoms with Gasteiger partial charge in [0.25, 0.3) is 0 Å². The second-order valence-corrected chi connectivity index (χ2v) is 3.77. The maximum absolute atomic E-state index is 11.6. The van der Waals surface area contributed by atoms with Crippen LogP contribution < -0.4 is 5.73 Å². The van der Waals surface area contributed by atoms with Crippen LogP contribution in [0, 0.1) is 0 Å². The van der Waals surface area contributed by atoms with Crippen LogP contribution in [0.5, 0.6) is 0 Å². The molecule has 82 valence electrons. The fraction of sp³-hybridized carbons (Fsp3) is 0.364. The van der Waals surface area contributed by atoms with Crippen molar-refractivity contribution in [3.05, 3.63) is 34.9 Å². The van der Waals surface area contributed by atoms with Crippen molar-refractivity contribution >= 4 is 17.4 Å². The van der Waals surface area contributed by atoms with Crippen molar-refractivity contribution in [2.45, 2.75) is 12.5 Å². The Kier molecular flexibility index (Phi) is 4.75. The summed E-state index contributed by atoms with van der Waals surface area (Å²) in [6, 6.07) is 6.63. The molecule has 15 heavy (non-hydrogen) atoms. The lowest BCUT2D eigenvalue weighted by Gasteiger charge is -2.09. The highest BCUT2D eigenvalue weighted by molar-refractivity contribution is 6.30. The molecule has 1 rings (SSSR count). The molecule has 4 heteroatoms. The van der Waals surface area contributed by atoms with Gasteiger partial charge in [-0.15, -0.1) is 0 Å². The van der Waals surface area contributed by atoms with Gasteiger partial charge in [-0.2, -0.15) is 0 Å². The number of nitrogens with two attached hydrogens (primary N) is 1. The number of halogens is 1. The van der Waals surface area contributed by atoms with E-state index in [0.29, 0.717) is 11.4 Å². The topological polar surface area (TPSA) is 52.3 Å². The molecule has 1 atom stereocenters. The third-order valence-electron chi connectivity index (χ3n) is 2.03. The average Bonchev–Trinajstić information content (AvgIpc) is 2.18. The van der Waals surface area contributed by atoms with Crippen LogP contribution in [0.4, 0.5) is 0 Å². The van der Waals surface area contributed by atoms with Crippen molar-refractivity contribution in [1.29, 1.82) is 0 Å². The van der Waals surface area contributed by atoms with E-state index in [-0.39, 0.29) is 12.4 Å². The molecule has 0 radical (unpaired) electrons. The standard InChI is InChI=1S/C11H14ClNO2/c1-15-7-10(13)11(14)6-8-3-2-4-9(12)5-8/h2-5,10H,6-7,13H2,1H3. The van der Waals surface area contributed by atoms with Crippen LogP contribution in [0.3, 0.4) is 0 Å². The molecule has 0 heterocycles. The summed E-state index contributed by atoms with van der Waals surface area (Å²) in [7, 11) is 1.52. The van der Waals surface area contributed by atoms with Gasteiger partial charge in [0.15, 0.2) is 5.78 Å². The van der Waals surface area contributed by atoms with Gasteiger partial charge in [0.2, 0.25) is 0 Å². The molecule has 0 aliphatic heterocycles. The lowest BCUT2D eigenvalue weighted by molar-refractivity contribution is -0.120. The van der Waals surface area contributed by atoms with E-state index >= 15 is 0 Å². The van der Waals surface area contributed by atoms with E-state index in [1.165, 1.54) is 7.11 Å². The predicted octanol–water partition coefficient (Wildman–Crippen LogP) is 1.43. The van der Waals surface area contributed by atoms with E-state index in [0.717, 1.165) is 5.56 Å². The SMILES string of the molecule is COCC(N)C(=O)Cc1cccc(Cl)c1. The number of carbonyl (C=O) groups is 1. The number of hydrogen-bond donors (Lipinski definition) is 1. The molecule has 1 unspecified atom stereocenters. The first-order chi connectivity index (χ1) is 7.13. The number of Topliss-reactive ketones (excluding diaryl/α,β-unsaturated/α-hetero) is 1. The summed E-state index contributed by atoms with van der Waals surface area (Å²) >= 11 is 5.80. The Labute approximate surface area is 94.2 Å². The zero-order valence-electron chi connectivity index (χ0n) is 8.57. The summed E-state index contributed by atoms with van der Waals surface area (Å²) in [5.41, 5.74) is 6.48. The Bertz CT molecular complexity index is 341. The number of ketones is 1. The minimum atomic E-state index is -0.561. The molecule has 0 saturated carbocycles. The molecule has 0 bridgehead atoms. The average molecular weight is 228 g/mol. The van der Waals surface area contributed by atoms with Crippen molar-refractivity contribution in [1.82, 2.24) is 0 Å². The number of ether oxygens (including phenoxy) is 1. The van der Waals surface area contributed by atoms with Crippen LogP contribution >= 0.6 is 11.6 Å². The number of methoxy groups -OCH3 is 1. The Morgan fingerprint density at radius 3 is 2.93 bits per heavy atom. The van der Waals surface area contributed by atoms with Crippen molar-refractivity contribution in [2.75, 3.05) is 13.7 Å². The number of hydrogen-bond acceptors (Lipinski definition) is 3. The Morgan fingerprint density at radius 1 is 1.60 bits per heavy atom. The maximum Gasteiger partial charge on any atom is 0.156 e. The molecule has 0 fully saturated rings. The summed E-state index contributed by atoms with van der Waals surface area (Å²) in [6.45, 7) is 0.249. The molecular formula is C11H14ClNO2. The smallest absolute Gasteiger partial charge is 0.156 e. The first-order valence-corrected chi connectivity index (χ1v) is 5.03. The second-order valence-electron chi connectivity index (χ2n) is 3.33. The maximum atomic E-state index is 11.6. The number of rotatable bonds is 5. The van der Waals surface area contributed by atoms with Crippen molar-refractivity contribution in [3.63, 3.8) is 0 Å². The van der Waals surface area contributed by atoms with Gasteiger partial charge >= 0.3 is 0 Å². The number of carbonyl (C=O) groups excluding carboxylic acids is 1. The van der Waals surface area contributed by atoms with Gasteiger partial charge in [-0.25, -0.2) is 0 Å². The van der Waals surface area contributed by atoms with Crippen LogP contribution in [0.15, 0.2) is 24.3 Å². The zero-order chi connectivity index (χ0) is 11.3. The normalized spacial score (nSPS) is 12.5. The van der Waals surface area contributed by atoms with E-state index in [2.05, 4.69) is 0 Å². The highest BCUT2D eigenvalue weighted by Crippen LogP contribution is 2.11. The van der Waals surface area contributed by atoms with E-state index in [1.54, 1.807) is 12.1 Å². The van der Waals surface area contributed by atoms with E-state index < -0.39 is 6.04 Å². The predicted molar refractivity (Wildman–Crippen MR) is 60.0 cm³/mol. The van der Waals surface area contributed by atoms with E-state index in [9.17, 15) is 4.79 Å². The molecule has 0 spiro atoms. The molecule has 0 amide bonds. The number of benzene rings is 1. The van der Waals surface area contributed by atoms with Crippen LogP contribution in [0.1, 0.15) is 5.56 Å². The van der Waals surface area contributed by atoms with Gasteiger partial charge < -0.3 is 10.5 Å². The van der Waals surface area contributed by atoms with Gasteiger partial charge in [-0.05, 0) is 17.7 Å². The monoisotopic (exact) mass is 227 g/mol. The molecule has 0 saturated heterocycles. The minimum Gasteiger partial charge on any atom is -0.383 e. The Hall–Kier alpha value is -0.900. The largest absolute Gasteiger partial charge is 0.383 e. The second kappa shape index (κ2) is 5.85. The zero-order valence-corrected chi connectivity index (χ0v) is 9.33. The summed E-state index contributed by atoms with van der Waals surface area (Å²) in [4.78, 5) is 11.6. The fourth-order valence-corrected chi connectivity index (χ4v) is 1.46. The van der Waals surface area contributed by atoms with Crippen molar-refractivity contribution in [2.24, 2.45) is 5.73 Å². The molecule has 0 aromatic heterocycles. The highest BCUT2D eigenvalue weighted by atomic mass is 35.5. The minimum absolute atomic E-state index is 0.0425. The van der Waals surface area contributed by atoms with Crippen LogP contribution in [0.2, 0.25) is 5.02 Å². The first kappa shape index (κ1) is 12.2. The van der Waals surface area contributed by atoms with E-state index in [4.69, 9.17) is 22.1 Å². The van der Waals surface area contributed by atoms with Crippen LogP contribution in [0.25, 0.3) is 0 Å². The van der Waals surface area contributed by atoms with Crippen LogP contribution in [-0.2, 0) is 16.0 Å². The molecule has 1 aromatic rings. The molecule has 0 aliphatic rings. The van der Waals surface area contributed by atoms with Gasteiger partial charge in [-0.1, -0.05) is 23.7 Å². The summed E-state index contributed by atoms with van der Waals surface area (Å²) in [5.74, 6) is -0.0425. The molecule has 1 aromatic carbocycles. The van der Waals surface area contributed by atoms with Gasteiger partial charge in [-0.3, -0.25) is 4.79 Å². The lowest BCUT2D eigenvalue weighted by Crippen LogP contribution is -2.35. The van der Waals surface area contributed by atoms with Crippen molar-refractivity contribution in [3.8, 4) is 0 Å². The van der Waals surface area contributed by atoms with Crippen LogP contribution in [-0.4, -0.2) is 25.5 Å². The summed E-state index contributed by atoms with van der Waals surface area (Å²) < 4.78 is 4.81. The van der Waals surface area contributed by atoms with Gasteiger partial charge in [0.1, 0.15) is 0 Å². The molecule has 0 aliphatic carbocycles. The fourth-order valence-electron chi connectivity index (χ4n) is 1.25. The summed E-state index contributed by atoms with van der Waals surface area (Å²) in [6.07, 6.45) is 0.297. The van der Waals surface area contributed by atoms with E-state index in [1.807, 2.05) is 12.1 Å². The molecule has 2 N–H and O–H groups in total. The van der Waals surface area contributed by atoms with Gasteiger partial charge in [0.05, 0.1) is 12.6 Å². The molecule has 3 nitrogen and oxygen atoms in total. The molecular weight excluding hydrogens is 214 g/mol. The Balaban J connectivity index is 2.58. The lowest BCUT2D eigenvalue weighted by atomic mass is 10.0. The Morgan fingerprint density at radius 2 is 2.33 bits per heavy atom. The highest BCUT2D eigenvalue weighted by Gasteiger charge is 2.13. The van der Waals surface area contributed by atoms with Gasteiger partial charge in [0, 0.05) is 18.6 Å². The third kappa shape index (κ3) is 4.00. The van der Waals surface area contributed by atoms with Crippen molar-refractivity contribution < 1.29 is 9.53 Å². The quantitative estimate of drug-likeness (QED) is 0.828. The first-order valence-electron chi connectivity index (χ1n) is 4.65.